The lowest BCUT2D eigenvalue weighted by atomic mass is 10.2. The van der Waals surface area contributed by atoms with E-state index in [0.29, 0.717) is 24.5 Å². The van der Waals surface area contributed by atoms with E-state index >= 15 is 0 Å². The molecular formula is C12H22O4S. The van der Waals surface area contributed by atoms with Crippen LogP contribution in [0.2, 0.25) is 0 Å². The average Bonchev–Trinajstić information content (AvgIpc) is 2.28. The lowest BCUT2D eigenvalue weighted by Crippen LogP contribution is -2.07. The number of carbonyl (C=O) groups is 2. The summed E-state index contributed by atoms with van der Waals surface area (Å²) in [5.74, 6) is 0.223. The highest BCUT2D eigenvalue weighted by Gasteiger charge is 2.03. The number of esters is 1. The highest BCUT2D eigenvalue weighted by molar-refractivity contribution is 7.99. The molecule has 5 heteroatoms. The molecule has 0 aliphatic carbocycles. The highest BCUT2D eigenvalue weighted by Crippen LogP contribution is 2.06. The standard InChI is InChI=1S/C12H22O4S/c1-2-3-4-5-8-16-12(15)7-10-17-9-6-11(13)14/h2-10H2,1H3,(H,13,14). The van der Waals surface area contributed by atoms with E-state index in [1.807, 2.05) is 0 Å². The van der Waals surface area contributed by atoms with Gasteiger partial charge in [-0.15, -0.1) is 0 Å². The molecule has 0 atom stereocenters. The van der Waals surface area contributed by atoms with Gasteiger partial charge in [0.05, 0.1) is 19.4 Å². The molecule has 0 unspecified atom stereocenters. The Kier molecular flexibility index (Phi) is 11.3. The fourth-order valence-electron chi connectivity index (χ4n) is 1.20. The van der Waals surface area contributed by atoms with Crippen LogP contribution in [0, 0.1) is 0 Å². The normalized spacial score (nSPS) is 10.2. The highest BCUT2D eigenvalue weighted by atomic mass is 32.2. The number of ether oxygens (including phenoxy) is 1. The maximum atomic E-state index is 11.2. The van der Waals surface area contributed by atoms with Crippen molar-refractivity contribution in [3.05, 3.63) is 0 Å². The maximum absolute atomic E-state index is 11.2. The quantitative estimate of drug-likeness (QED) is 0.458. The minimum absolute atomic E-state index is 0.150. The van der Waals surface area contributed by atoms with Crippen LogP contribution in [0.25, 0.3) is 0 Å². The van der Waals surface area contributed by atoms with E-state index in [9.17, 15) is 9.59 Å². The molecule has 0 spiro atoms. The van der Waals surface area contributed by atoms with Crippen molar-refractivity contribution in [2.24, 2.45) is 0 Å². The van der Waals surface area contributed by atoms with E-state index < -0.39 is 5.97 Å². The number of thioether (sulfide) groups is 1. The fraction of sp³-hybridized carbons (Fsp3) is 0.833. The van der Waals surface area contributed by atoms with Crippen LogP contribution in [0.4, 0.5) is 0 Å². The summed E-state index contributed by atoms with van der Waals surface area (Å²) in [7, 11) is 0. The van der Waals surface area contributed by atoms with Crippen molar-refractivity contribution in [3.63, 3.8) is 0 Å². The Labute approximate surface area is 107 Å². The first-order valence-electron chi connectivity index (χ1n) is 6.12. The van der Waals surface area contributed by atoms with Gasteiger partial charge in [0.25, 0.3) is 0 Å². The van der Waals surface area contributed by atoms with Crippen LogP contribution >= 0.6 is 11.8 Å². The summed E-state index contributed by atoms with van der Waals surface area (Å²) < 4.78 is 5.05. The molecule has 0 aliphatic heterocycles. The molecule has 0 saturated heterocycles. The first-order chi connectivity index (χ1) is 8.16. The molecule has 0 rings (SSSR count). The summed E-state index contributed by atoms with van der Waals surface area (Å²) in [6.07, 6.45) is 4.93. The van der Waals surface area contributed by atoms with Gasteiger partial charge >= 0.3 is 11.9 Å². The van der Waals surface area contributed by atoms with E-state index in [2.05, 4.69) is 6.92 Å². The molecule has 0 radical (unpaired) electrons. The van der Waals surface area contributed by atoms with E-state index in [1.165, 1.54) is 24.6 Å². The van der Waals surface area contributed by atoms with Crippen molar-refractivity contribution in [2.45, 2.75) is 45.4 Å². The third-order valence-corrected chi connectivity index (χ3v) is 3.16. The number of carbonyl (C=O) groups excluding carboxylic acids is 1. The molecule has 4 nitrogen and oxygen atoms in total. The van der Waals surface area contributed by atoms with Crippen LogP contribution in [0.15, 0.2) is 0 Å². The zero-order valence-corrected chi connectivity index (χ0v) is 11.3. The van der Waals surface area contributed by atoms with E-state index in [-0.39, 0.29) is 12.4 Å². The summed E-state index contributed by atoms with van der Waals surface area (Å²) in [5, 5.41) is 8.40. The van der Waals surface area contributed by atoms with Crippen molar-refractivity contribution in [3.8, 4) is 0 Å². The molecule has 0 fully saturated rings. The lowest BCUT2D eigenvalue weighted by Gasteiger charge is -2.04. The molecule has 0 aromatic heterocycles. The molecular weight excluding hydrogens is 240 g/mol. The predicted molar refractivity (Wildman–Crippen MR) is 69.3 cm³/mol. The van der Waals surface area contributed by atoms with Crippen molar-refractivity contribution in [1.82, 2.24) is 0 Å². The van der Waals surface area contributed by atoms with Gasteiger partial charge in [0.1, 0.15) is 0 Å². The number of rotatable bonds is 11. The Bertz CT molecular complexity index is 219. The van der Waals surface area contributed by atoms with E-state index in [1.54, 1.807) is 0 Å². The second-order valence-corrected chi connectivity index (χ2v) is 5.01. The minimum atomic E-state index is -0.795. The van der Waals surface area contributed by atoms with Gasteiger partial charge in [0.15, 0.2) is 0 Å². The molecule has 0 aliphatic rings. The van der Waals surface area contributed by atoms with Crippen LogP contribution in [0.3, 0.4) is 0 Å². The van der Waals surface area contributed by atoms with Crippen molar-refractivity contribution in [1.29, 1.82) is 0 Å². The number of hydrogen-bond donors (Lipinski definition) is 1. The van der Waals surface area contributed by atoms with Crippen molar-refractivity contribution in [2.75, 3.05) is 18.1 Å². The molecule has 0 amide bonds. The van der Waals surface area contributed by atoms with Gasteiger partial charge in [0.2, 0.25) is 0 Å². The minimum Gasteiger partial charge on any atom is -0.481 e. The fourth-order valence-corrected chi connectivity index (χ4v) is 2.04. The third kappa shape index (κ3) is 13.2. The Morgan fingerprint density at radius 2 is 1.82 bits per heavy atom. The van der Waals surface area contributed by atoms with Crippen molar-refractivity contribution >= 4 is 23.7 Å². The zero-order valence-electron chi connectivity index (χ0n) is 10.4. The molecule has 0 aromatic rings. The van der Waals surface area contributed by atoms with Gasteiger partial charge in [-0.25, -0.2) is 0 Å². The maximum Gasteiger partial charge on any atom is 0.306 e. The van der Waals surface area contributed by atoms with Gasteiger partial charge in [-0.3, -0.25) is 9.59 Å². The van der Waals surface area contributed by atoms with Crippen LogP contribution in [0.5, 0.6) is 0 Å². The van der Waals surface area contributed by atoms with Crippen molar-refractivity contribution < 1.29 is 19.4 Å². The number of unbranched alkanes of at least 4 members (excludes halogenated alkanes) is 3. The molecule has 1 N–H and O–H groups in total. The van der Waals surface area contributed by atoms with Gasteiger partial charge in [-0.05, 0) is 6.42 Å². The number of hydrogen-bond acceptors (Lipinski definition) is 4. The second-order valence-electron chi connectivity index (χ2n) is 3.79. The largest absolute Gasteiger partial charge is 0.481 e. The Hall–Kier alpha value is -0.710. The topological polar surface area (TPSA) is 63.6 Å². The summed E-state index contributed by atoms with van der Waals surface area (Å²) in [5.41, 5.74) is 0. The Morgan fingerprint density at radius 3 is 2.47 bits per heavy atom. The molecule has 0 bridgehead atoms. The molecule has 0 saturated carbocycles. The Balaban J connectivity index is 3.20. The van der Waals surface area contributed by atoms with Gasteiger partial charge in [-0.1, -0.05) is 26.2 Å². The first-order valence-corrected chi connectivity index (χ1v) is 7.27. The predicted octanol–water partition coefficient (Wildman–Crippen LogP) is 2.71. The van der Waals surface area contributed by atoms with Gasteiger partial charge in [0, 0.05) is 11.5 Å². The third-order valence-electron chi connectivity index (χ3n) is 2.17. The van der Waals surface area contributed by atoms with E-state index in [0.717, 1.165) is 12.8 Å². The van der Waals surface area contributed by atoms with Crippen LogP contribution < -0.4 is 0 Å². The molecule has 17 heavy (non-hydrogen) atoms. The monoisotopic (exact) mass is 262 g/mol. The molecule has 0 heterocycles. The summed E-state index contributed by atoms with van der Waals surface area (Å²) in [6, 6.07) is 0. The lowest BCUT2D eigenvalue weighted by molar-refractivity contribution is -0.143. The number of carboxylic acid groups (broad SMARTS) is 1. The first kappa shape index (κ1) is 16.3. The average molecular weight is 262 g/mol. The Morgan fingerprint density at radius 1 is 1.12 bits per heavy atom. The summed E-state index contributed by atoms with van der Waals surface area (Å²) in [4.78, 5) is 21.4. The summed E-state index contributed by atoms with van der Waals surface area (Å²) >= 11 is 1.48. The van der Waals surface area contributed by atoms with Gasteiger partial charge in [-0.2, -0.15) is 11.8 Å². The summed E-state index contributed by atoms with van der Waals surface area (Å²) in [6.45, 7) is 2.65. The van der Waals surface area contributed by atoms with Crippen LogP contribution in [-0.2, 0) is 14.3 Å². The second kappa shape index (κ2) is 11.8. The molecule has 0 aromatic carbocycles. The number of carboxylic acids is 1. The zero-order chi connectivity index (χ0) is 12.9. The van der Waals surface area contributed by atoms with Crippen LogP contribution in [-0.4, -0.2) is 35.2 Å². The smallest absolute Gasteiger partial charge is 0.306 e. The van der Waals surface area contributed by atoms with E-state index in [4.69, 9.17) is 9.84 Å². The van der Waals surface area contributed by atoms with Crippen LogP contribution in [0.1, 0.15) is 45.4 Å². The SMILES string of the molecule is CCCCCCOC(=O)CCSCCC(=O)O. The van der Waals surface area contributed by atoms with Gasteiger partial charge < -0.3 is 9.84 Å². The molecule has 100 valence electrons. The number of aliphatic carboxylic acids is 1.